The van der Waals surface area contributed by atoms with Crippen molar-refractivity contribution in [3.05, 3.63) is 0 Å². The summed E-state index contributed by atoms with van der Waals surface area (Å²) >= 11 is 0. The lowest BCUT2D eigenvalue weighted by Crippen LogP contribution is -2.40. The molecule has 1 aliphatic heterocycles. The summed E-state index contributed by atoms with van der Waals surface area (Å²) < 4.78 is 10.9. The quantitative estimate of drug-likeness (QED) is 0.596. The second-order valence-corrected chi connectivity index (χ2v) is 5.03. The van der Waals surface area contributed by atoms with Crippen LogP contribution < -0.4 is 0 Å². The van der Waals surface area contributed by atoms with E-state index in [4.69, 9.17) is 9.47 Å². The number of likely N-dealkylation sites (N-methyl/N-ethyl adjacent to an activating group) is 1. The Balaban J connectivity index is 1.94. The Kier molecular flexibility index (Phi) is 7.77. The van der Waals surface area contributed by atoms with Crippen LogP contribution in [0.4, 0.5) is 0 Å². The molecule has 0 atom stereocenters. The maximum Gasteiger partial charge on any atom is 0.0594 e. The smallest absolute Gasteiger partial charge is 0.0594 e. The summed E-state index contributed by atoms with van der Waals surface area (Å²) in [7, 11) is 2.19. The van der Waals surface area contributed by atoms with Gasteiger partial charge in [-0.3, -0.25) is 4.90 Å². The van der Waals surface area contributed by atoms with Gasteiger partial charge >= 0.3 is 0 Å². The number of rotatable bonds is 8. The molecule has 1 rings (SSSR count). The molecule has 4 nitrogen and oxygen atoms in total. The number of nitrogens with zero attached hydrogens (tertiary/aromatic N) is 2. The first kappa shape index (κ1) is 14.9. The molecule has 0 aliphatic carbocycles. The van der Waals surface area contributed by atoms with Crippen molar-refractivity contribution < 1.29 is 9.47 Å². The fourth-order valence-electron chi connectivity index (χ4n) is 1.90. The van der Waals surface area contributed by atoms with Gasteiger partial charge in [0.2, 0.25) is 0 Å². The van der Waals surface area contributed by atoms with Gasteiger partial charge in [0.25, 0.3) is 0 Å². The summed E-state index contributed by atoms with van der Waals surface area (Å²) in [5, 5.41) is 0. The molecule has 0 saturated carbocycles. The Morgan fingerprint density at radius 2 is 1.94 bits per heavy atom. The van der Waals surface area contributed by atoms with Crippen molar-refractivity contribution in [3.8, 4) is 0 Å². The first-order valence-electron chi connectivity index (χ1n) is 6.78. The predicted molar refractivity (Wildman–Crippen MR) is 70.5 cm³/mol. The molecule has 1 heterocycles. The lowest BCUT2D eigenvalue weighted by atomic mass is 10.3. The summed E-state index contributed by atoms with van der Waals surface area (Å²) in [5.74, 6) is 0. The molecule has 0 bridgehead atoms. The van der Waals surface area contributed by atoms with Gasteiger partial charge in [-0.2, -0.15) is 0 Å². The van der Waals surface area contributed by atoms with E-state index in [9.17, 15) is 0 Å². The van der Waals surface area contributed by atoms with Crippen LogP contribution in [0.15, 0.2) is 0 Å². The van der Waals surface area contributed by atoms with Crippen molar-refractivity contribution in [2.24, 2.45) is 0 Å². The number of ether oxygens (including phenoxy) is 2. The normalized spacial score (nSPS) is 18.2. The van der Waals surface area contributed by atoms with E-state index in [0.29, 0.717) is 6.10 Å². The molecule has 0 unspecified atom stereocenters. The lowest BCUT2D eigenvalue weighted by Gasteiger charge is -2.28. The first-order valence-corrected chi connectivity index (χ1v) is 6.78. The molecule has 0 amide bonds. The van der Waals surface area contributed by atoms with E-state index < -0.39 is 0 Å². The Bertz CT molecular complexity index is 182. The summed E-state index contributed by atoms with van der Waals surface area (Å²) in [4.78, 5) is 4.86. The zero-order valence-corrected chi connectivity index (χ0v) is 11.7. The van der Waals surface area contributed by atoms with Gasteiger partial charge in [0, 0.05) is 39.3 Å². The van der Waals surface area contributed by atoms with Gasteiger partial charge in [0.05, 0.1) is 19.3 Å². The molecule has 1 aliphatic rings. The largest absolute Gasteiger partial charge is 0.379 e. The fraction of sp³-hybridized carbons (Fsp3) is 1.00. The highest BCUT2D eigenvalue weighted by atomic mass is 16.5. The monoisotopic (exact) mass is 244 g/mol. The zero-order chi connectivity index (χ0) is 12.5. The highest BCUT2D eigenvalue weighted by Crippen LogP contribution is 1.98. The fourth-order valence-corrected chi connectivity index (χ4v) is 1.90. The van der Waals surface area contributed by atoms with E-state index in [1.54, 1.807) is 0 Å². The van der Waals surface area contributed by atoms with Crippen molar-refractivity contribution >= 4 is 0 Å². The summed E-state index contributed by atoms with van der Waals surface area (Å²) in [6.07, 6.45) is 1.48. The zero-order valence-electron chi connectivity index (χ0n) is 11.7. The van der Waals surface area contributed by atoms with Crippen LogP contribution in [0, 0.1) is 0 Å². The third kappa shape index (κ3) is 7.71. The van der Waals surface area contributed by atoms with Gasteiger partial charge in [-0.1, -0.05) is 0 Å². The average molecular weight is 244 g/mol. The molecule has 1 fully saturated rings. The van der Waals surface area contributed by atoms with Crippen molar-refractivity contribution in [3.63, 3.8) is 0 Å². The van der Waals surface area contributed by atoms with Crippen molar-refractivity contribution in [2.75, 3.05) is 59.6 Å². The Morgan fingerprint density at radius 3 is 2.59 bits per heavy atom. The molecule has 0 aromatic carbocycles. The Labute approximate surface area is 106 Å². The molecule has 4 heteroatoms. The van der Waals surface area contributed by atoms with Gasteiger partial charge in [0.1, 0.15) is 0 Å². The third-order valence-electron chi connectivity index (χ3n) is 3.04. The Hall–Kier alpha value is -0.160. The highest BCUT2D eigenvalue weighted by molar-refractivity contribution is 4.64. The topological polar surface area (TPSA) is 24.9 Å². The molecule has 0 aromatic heterocycles. The molecule has 0 radical (unpaired) electrons. The van der Waals surface area contributed by atoms with E-state index in [0.717, 1.165) is 59.0 Å². The van der Waals surface area contributed by atoms with Crippen molar-refractivity contribution in [2.45, 2.75) is 26.4 Å². The minimum absolute atomic E-state index is 0.355. The number of hydrogen-bond donors (Lipinski definition) is 0. The van der Waals surface area contributed by atoms with E-state index in [1.165, 1.54) is 0 Å². The molecule has 17 heavy (non-hydrogen) atoms. The second-order valence-electron chi connectivity index (χ2n) is 5.03. The minimum Gasteiger partial charge on any atom is -0.379 e. The van der Waals surface area contributed by atoms with Crippen LogP contribution in [0.3, 0.4) is 0 Å². The minimum atomic E-state index is 0.355. The summed E-state index contributed by atoms with van der Waals surface area (Å²) in [6, 6.07) is 0. The molecule has 0 spiro atoms. The van der Waals surface area contributed by atoms with E-state index in [2.05, 4.69) is 30.7 Å². The van der Waals surface area contributed by atoms with Gasteiger partial charge in [-0.15, -0.1) is 0 Å². The van der Waals surface area contributed by atoms with E-state index in [1.807, 2.05) is 0 Å². The second kappa shape index (κ2) is 8.86. The third-order valence-corrected chi connectivity index (χ3v) is 3.04. The van der Waals surface area contributed by atoms with Crippen LogP contribution >= 0.6 is 0 Å². The van der Waals surface area contributed by atoms with Gasteiger partial charge < -0.3 is 14.4 Å². The van der Waals surface area contributed by atoms with Crippen LogP contribution in [0.5, 0.6) is 0 Å². The highest BCUT2D eigenvalue weighted by Gasteiger charge is 2.10. The Morgan fingerprint density at radius 1 is 1.24 bits per heavy atom. The van der Waals surface area contributed by atoms with E-state index >= 15 is 0 Å². The maximum absolute atomic E-state index is 5.53. The van der Waals surface area contributed by atoms with Crippen LogP contribution in [-0.4, -0.2) is 75.5 Å². The van der Waals surface area contributed by atoms with Crippen LogP contribution in [0.2, 0.25) is 0 Å². The van der Waals surface area contributed by atoms with Crippen molar-refractivity contribution in [1.29, 1.82) is 0 Å². The molecule has 0 N–H and O–H groups in total. The molecular formula is C13H28N2O2. The SMILES string of the molecule is CC(C)OCCCN(C)CCN1CCOCC1. The summed E-state index contributed by atoms with van der Waals surface area (Å²) in [5.41, 5.74) is 0. The molecule has 1 saturated heterocycles. The van der Waals surface area contributed by atoms with Crippen LogP contribution in [0.1, 0.15) is 20.3 Å². The number of hydrogen-bond acceptors (Lipinski definition) is 4. The van der Waals surface area contributed by atoms with Crippen LogP contribution in [0.25, 0.3) is 0 Å². The van der Waals surface area contributed by atoms with Gasteiger partial charge in [0.15, 0.2) is 0 Å². The van der Waals surface area contributed by atoms with Crippen LogP contribution in [-0.2, 0) is 9.47 Å². The predicted octanol–water partition coefficient (Wildman–Crippen LogP) is 1.07. The molecular weight excluding hydrogens is 216 g/mol. The average Bonchev–Trinajstić information content (AvgIpc) is 2.33. The van der Waals surface area contributed by atoms with E-state index in [-0.39, 0.29) is 0 Å². The van der Waals surface area contributed by atoms with Crippen molar-refractivity contribution in [1.82, 2.24) is 9.80 Å². The lowest BCUT2D eigenvalue weighted by molar-refractivity contribution is 0.0334. The molecule has 102 valence electrons. The van der Waals surface area contributed by atoms with Gasteiger partial charge in [-0.25, -0.2) is 0 Å². The molecule has 0 aromatic rings. The first-order chi connectivity index (χ1) is 8.18. The standard InChI is InChI=1S/C13H28N2O2/c1-13(2)17-10-4-5-14(3)6-7-15-8-11-16-12-9-15/h13H,4-12H2,1-3H3. The van der Waals surface area contributed by atoms with Gasteiger partial charge in [-0.05, 0) is 27.3 Å². The number of morpholine rings is 1. The maximum atomic E-state index is 5.53. The summed E-state index contributed by atoms with van der Waals surface area (Å²) in [6.45, 7) is 12.4.